The minimum atomic E-state index is -3.68. The molecule has 0 spiro atoms. The lowest BCUT2D eigenvalue weighted by molar-refractivity contribution is -0.132. The minimum Gasteiger partial charge on any atom is -0.490 e. The monoisotopic (exact) mass is 437 g/mol. The van der Waals surface area contributed by atoms with Gasteiger partial charge in [-0.3, -0.25) is 9.59 Å². The van der Waals surface area contributed by atoms with Crippen molar-refractivity contribution in [3.63, 3.8) is 0 Å². The van der Waals surface area contributed by atoms with E-state index in [4.69, 9.17) is 9.47 Å². The second-order valence-corrected chi connectivity index (χ2v) is 9.70. The number of carbonyl (C=O) groups excluding carboxylic acids is 2. The number of piperazine rings is 1. The van der Waals surface area contributed by atoms with Crippen LogP contribution in [0, 0.1) is 5.92 Å². The van der Waals surface area contributed by atoms with Gasteiger partial charge < -0.3 is 19.7 Å². The Morgan fingerprint density at radius 2 is 1.73 bits per heavy atom. The molecule has 2 fully saturated rings. The van der Waals surface area contributed by atoms with Crippen molar-refractivity contribution < 1.29 is 27.5 Å². The lowest BCUT2D eigenvalue weighted by Gasteiger charge is -2.34. The zero-order valence-corrected chi connectivity index (χ0v) is 17.7. The van der Waals surface area contributed by atoms with Gasteiger partial charge in [-0.1, -0.05) is 0 Å². The van der Waals surface area contributed by atoms with Crippen LogP contribution in [0.3, 0.4) is 0 Å². The Labute approximate surface area is 176 Å². The summed E-state index contributed by atoms with van der Waals surface area (Å²) < 4.78 is 38.6. The fourth-order valence-electron chi connectivity index (χ4n) is 3.57. The quantitative estimate of drug-likeness (QED) is 0.699. The summed E-state index contributed by atoms with van der Waals surface area (Å²) in [4.78, 5) is 25.8. The number of hydrogen-bond acceptors (Lipinski definition) is 6. The van der Waals surface area contributed by atoms with E-state index < -0.39 is 10.0 Å². The molecule has 2 aliphatic heterocycles. The number of benzene rings is 1. The minimum absolute atomic E-state index is 0.0221. The summed E-state index contributed by atoms with van der Waals surface area (Å²) >= 11 is 0. The average molecular weight is 438 g/mol. The second kappa shape index (κ2) is 8.81. The van der Waals surface area contributed by atoms with E-state index in [1.54, 1.807) is 11.0 Å². The maximum Gasteiger partial charge on any atom is 0.243 e. The van der Waals surface area contributed by atoms with Gasteiger partial charge in [0.05, 0.1) is 18.1 Å². The molecule has 1 aromatic carbocycles. The molecule has 10 heteroatoms. The number of carbonyl (C=O) groups is 2. The Morgan fingerprint density at radius 3 is 2.43 bits per heavy atom. The van der Waals surface area contributed by atoms with Crippen LogP contribution in [0.4, 0.5) is 0 Å². The van der Waals surface area contributed by atoms with Crippen LogP contribution >= 0.6 is 0 Å². The molecule has 0 bridgehead atoms. The van der Waals surface area contributed by atoms with E-state index in [-0.39, 0.29) is 42.1 Å². The van der Waals surface area contributed by atoms with Crippen LogP contribution in [-0.2, 0) is 19.6 Å². The summed E-state index contributed by atoms with van der Waals surface area (Å²) in [7, 11) is -3.68. The highest BCUT2D eigenvalue weighted by atomic mass is 32.2. The molecule has 30 heavy (non-hydrogen) atoms. The standard InChI is InChI=1S/C20H27N3O6S/c24-19(6-7-21-20(25)15-2-3-15)22-8-10-23(11-9-22)30(26,27)16-4-5-17-18(14-16)29-13-1-12-28-17/h4-5,14-15H,1-3,6-13H2,(H,21,25). The number of amides is 2. The number of rotatable bonds is 6. The Balaban J connectivity index is 1.31. The molecule has 1 aliphatic carbocycles. The van der Waals surface area contributed by atoms with Gasteiger partial charge in [-0.15, -0.1) is 0 Å². The molecule has 164 valence electrons. The van der Waals surface area contributed by atoms with Gasteiger partial charge in [0.2, 0.25) is 21.8 Å². The molecule has 1 N–H and O–H groups in total. The van der Waals surface area contributed by atoms with Crippen molar-refractivity contribution in [3.8, 4) is 11.5 Å². The predicted molar refractivity (Wildman–Crippen MR) is 108 cm³/mol. The normalized spacial score (nSPS) is 19.8. The van der Waals surface area contributed by atoms with Gasteiger partial charge in [0.15, 0.2) is 11.5 Å². The topological polar surface area (TPSA) is 105 Å². The molecular weight excluding hydrogens is 410 g/mol. The van der Waals surface area contributed by atoms with Gasteiger partial charge in [-0.2, -0.15) is 4.31 Å². The van der Waals surface area contributed by atoms with Crippen LogP contribution in [0.2, 0.25) is 0 Å². The van der Waals surface area contributed by atoms with E-state index >= 15 is 0 Å². The van der Waals surface area contributed by atoms with Crippen LogP contribution < -0.4 is 14.8 Å². The zero-order valence-electron chi connectivity index (χ0n) is 16.8. The number of sulfonamides is 1. The number of nitrogens with one attached hydrogen (secondary N) is 1. The van der Waals surface area contributed by atoms with Gasteiger partial charge in [0.25, 0.3) is 0 Å². The zero-order chi connectivity index (χ0) is 21.1. The number of nitrogens with zero attached hydrogens (tertiary/aromatic N) is 2. The van der Waals surface area contributed by atoms with Gasteiger partial charge in [0.1, 0.15) is 0 Å². The first kappa shape index (κ1) is 20.9. The highest BCUT2D eigenvalue weighted by Crippen LogP contribution is 2.33. The van der Waals surface area contributed by atoms with E-state index in [0.29, 0.717) is 44.3 Å². The SMILES string of the molecule is O=C(NCCC(=O)N1CCN(S(=O)(=O)c2ccc3c(c2)OCCCO3)CC1)C1CC1. The summed E-state index contributed by atoms with van der Waals surface area (Å²) in [5.41, 5.74) is 0. The molecule has 3 aliphatic rings. The van der Waals surface area contributed by atoms with E-state index in [1.807, 2.05) is 0 Å². The van der Waals surface area contributed by atoms with Crippen molar-refractivity contribution in [2.45, 2.75) is 30.6 Å². The van der Waals surface area contributed by atoms with Crippen molar-refractivity contribution >= 4 is 21.8 Å². The Hall–Kier alpha value is -2.33. The molecule has 0 unspecified atom stereocenters. The maximum absolute atomic E-state index is 13.0. The summed E-state index contributed by atoms with van der Waals surface area (Å²) in [6.45, 7) is 2.48. The number of ether oxygens (including phenoxy) is 2. The molecule has 4 rings (SSSR count). The van der Waals surface area contributed by atoms with Crippen LogP contribution in [0.25, 0.3) is 0 Å². The Bertz CT molecular complexity index is 907. The van der Waals surface area contributed by atoms with Crippen molar-refractivity contribution in [1.82, 2.24) is 14.5 Å². The van der Waals surface area contributed by atoms with Gasteiger partial charge in [-0.25, -0.2) is 8.42 Å². The molecule has 0 atom stereocenters. The maximum atomic E-state index is 13.0. The largest absolute Gasteiger partial charge is 0.490 e. The number of fused-ring (bicyclic) bond motifs is 1. The third-order valence-electron chi connectivity index (χ3n) is 5.53. The van der Waals surface area contributed by atoms with Crippen LogP contribution in [0.5, 0.6) is 11.5 Å². The highest BCUT2D eigenvalue weighted by Gasteiger charge is 2.32. The first-order valence-electron chi connectivity index (χ1n) is 10.4. The van der Waals surface area contributed by atoms with Crippen molar-refractivity contribution in [2.24, 2.45) is 5.92 Å². The van der Waals surface area contributed by atoms with E-state index in [9.17, 15) is 18.0 Å². The Kier molecular flexibility index (Phi) is 6.14. The highest BCUT2D eigenvalue weighted by molar-refractivity contribution is 7.89. The predicted octanol–water partition coefficient (Wildman–Crippen LogP) is 0.597. The molecular formula is C20H27N3O6S. The van der Waals surface area contributed by atoms with Crippen molar-refractivity contribution in [1.29, 1.82) is 0 Å². The van der Waals surface area contributed by atoms with E-state index in [0.717, 1.165) is 19.3 Å². The van der Waals surface area contributed by atoms with Crippen LogP contribution in [0.1, 0.15) is 25.7 Å². The molecule has 1 saturated carbocycles. The van der Waals surface area contributed by atoms with E-state index in [2.05, 4.69) is 5.32 Å². The smallest absolute Gasteiger partial charge is 0.243 e. The third kappa shape index (κ3) is 4.70. The van der Waals surface area contributed by atoms with Crippen LogP contribution in [-0.4, -0.2) is 75.4 Å². The fraction of sp³-hybridized carbons (Fsp3) is 0.600. The molecule has 1 saturated heterocycles. The lowest BCUT2D eigenvalue weighted by atomic mass is 10.3. The van der Waals surface area contributed by atoms with Gasteiger partial charge in [-0.05, 0) is 25.0 Å². The first-order valence-corrected chi connectivity index (χ1v) is 11.8. The molecule has 0 radical (unpaired) electrons. The van der Waals surface area contributed by atoms with Gasteiger partial charge in [0, 0.05) is 57.5 Å². The summed E-state index contributed by atoms with van der Waals surface area (Å²) in [6.07, 6.45) is 2.84. The summed E-state index contributed by atoms with van der Waals surface area (Å²) in [5, 5.41) is 2.78. The molecule has 9 nitrogen and oxygen atoms in total. The van der Waals surface area contributed by atoms with Crippen LogP contribution in [0.15, 0.2) is 23.1 Å². The lowest BCUT2D eigenvalue weighted by Crippen LogP contribution is -2.50. The van der Waals surface area contributed by atoms with E-state index in [1.165, 1.54) is 16.4 Å². The molecule has 1 aromatic rings. The number of hydrogen-bond donors (Lipinski definition) is 1. The fourth-order valence-corrected chi connectivity index (χ4v) is 5.01. The molecule has 2 amide bonds. The molecule has 0 aromatic heterocycles. The van der Waals surface area contributed by atoms with Crippen molar-refractivity contribution in [2.75, 3.05) is 45.9 Å². The second-order valence-electron chi connectivity index (χ2n) is 7.76. The molecule has 2 heterocycles. The summed E-state index contributed by atoms with van der Waals surface area (Å²) in [5.74, 6) is 1.07. The summed E-state index contributed by atoms with van der Waals surface area (Å²) in [6, 6.07) is 4.67. The average Bonchev–Trinajstić information content (AvgIpc) is 3.60. The van der Waals surface area contributed by atoms with Crippen molar-refractivity contribution in [3.05, 3.63) is 18.2 Å². The first-order chi connectivity index (χ1) is 14.4. The third-order valence-corrected chi connectivity index (χ3v) is 7.43. The Morgan fingerprint density at radius 1 is 1.03 bits per heavy atom. The van der Waals surface area contributed by atoms with Gasteiger partial charge >= 0.3 is 0 Å².